The Morgan fingerprint density at radius 3 is 2.18 bits per heavy atom. The fourth-order valence-electron chi connectivity index (χ4n) is 9.52. The van der Waals surface area contributed by atoms with Crippen LogP contribution in [0.25, 0.3) is 49.9 Å². The van der Waals surface area contributed by atoms with Crippen molar-refractivity contribution in [2.45, 2.75) is 45.4 Å². The molecule has 0 atom stereocenters. The molecular weight excluding hydrogens is 735 g/mol. The number of hydrogen-bond donors (Lipinski definition) is 0. The maximum absolute atomic E-state index is 6.67. The van der Waals surface area contributed by atoms with E-state index in [-0.39, 0.29) is 10.8 Å². The summed E-state index contributed by atoms with van der Waals surface area (Å²) in [5, 5.41) is 2.18. The van der Waals surface area contributed by atoms with E-state index in [2.05, 4.69) is 195 Å². The van der Waals surface area contributed by atoms with Gasteiger partial charge in [0.25, 0.3) is 0 Å². The number of para-hydroxylation sites is 3. The van der Waals surface area contributed by atoms with Gasteiger partial charge in [0, 0.05) is 57.5 Å². The summed E-state index contributed by atoms with van der Waals surface area (Å²) in [6, 6.07) is 56.3. The average molecular weight is 780 g/mol. The summed E-state index contributed by atoms with van der Waals surface area (Å²) >= 11 is 0. The summed E-state index contributed by atoms with van der Waals surface area (Å²) in [7, 11) is 0. The Bertz CT molecular complexity index is 3140. The Balaban J connectivity index is 0.994. The second-order valence-electron chi connectivity index (χ2n) is 17.6. The first-order valence-corrected chi connectivity index (χ1v) is 20.8. The van der Waals surface area contributed by atoms with E-state index < -0.39 is 0 Å². The van der Waals surface area contributed by atoms with Gasteiger partial charge in [0.2, 0.25) is 5.88 Å². The van der Waals surface area contributed by atoms with Gasteiger partial charge in [-0.2, -0.15) is 0 Å². The molecule has 11 rings (SSSR count). The highest BCUT2D eigenvalue weighted by molar-refractivity contribution is 6.09. The average Bonchev–Trinajstić information content (AvgIpc) is 3.89. The van der Waals surface area contributed by atoms with Crippen LogP contribution in [0.15, 0.2) is 170 Å². The van der Waals surface area contributed by atoms with Crippen molar-refractivity contribution in [1.82, 2.24) is 14.5 Å². The van der Waals surface area contributed by atoms with E-state index in [4.69, 9.17) is 14.7 Å². The number of rotatable bonds is 6. The predicted molar refractivity (Wildman–Crippen MR) is 247 cm³/mol. The van der Waals surface area contributed by atoms with Crippen molar-refractivity contribution in [2.75, 3.05) is 16.5 Å². The van der Waals surface area contributed by atoms with Crippen LogP contribution in [-0.2, 0) is 10.8 Å². The molecule has 3 aromatic heterocycles. The Hall–Kier alpha value is -7.18. The molecule has 9 aromatic rings. The van der Waals surface area contributed by atoms with E-state index >= 15 is 0 Å². The van der Waals surface area contributed by atoms with Crippen LogP contribution in [0.1, 0.15) is 51.3 Å². The van der Waals surface area contributed by atoms with Crippen molar-refractivity contribution in [2.24, 2.45) is 0 Å². The van der Waals surface area contributed by atoms with Crippen LogP contribution < -0.4 is 14.5 Å². The third-order valence-electron chi connectivity index (χ3n) is 12.5. The standard InChI is InChI=1S/C54H45N5O/c1-53(2,3)36-28-29-55-49(30-36)59-45-23-12-10-20-40(45)42-33-56-50(32-48(42)59)60-38-19-15-18-37(31-38)57-34-58(47-25-14-13-24-46(47)57)52-39(35-16-7-6-8-17-35)26-27-44-51(52)41-21-9-11-22-43(41)54(44,4)5/h6-33H,34H2,1-5H3. The molecule has 6 heteroatoms. The van der Waals surface area contributed by atoms with Crippen molar-refractivity contribution in [3.8, 4) is 39.7 Å². The van der Waals surface area contributed by atoms with E-state index in [1.807, 2.05) is 24.5 Å². The molecule has 0 spiro atoms. The fraction of sp³-hybridized carbons (Fsp3) is 0.148. The second-order valence-corrected chi connectivity index (χ2v) is 17.6. The Morgan fingerprint density at radius 1 is 0.600 bits per heavy atom. The molecule has 60 heavy (non-hydrogen) atoms. The summed E-state index contributed by atoms with van der Waals surface area (Å²) in [6.07, 6.45) is 3.84. The van der Waals surface area contributed by atoms with Gasteiger partial charge in [-0.15, -0.1) is 0 Å². The first kappa shape index (κ1) is 35.9. The third kappa shape index (κ3) is 5.62. The molecule has 0 radical (unpaired) electrons. The van der Waals surface area contributed by atoms with Gasteiger partial charge in [-0.3, -0.25) is 4.57 Å². The molecule has 0 amide bonds. The normalized spacial score (nSPS) is 14.1. The number of ether oxygens (including phenoxy) is 1. The van der Waals surface area contributed by atoms with Gasteiger partial charge < -0.3 is 14.5 Å². The van der Waals surface area contributed by atoms with Crippen molar-refractivity contribution in [1.29, 1.82) is 0 Å². The first-order valence-electron chi connectivity index (χ1n) is 20.8. The molecule has 0 fully saturated rings. The molecule has 0 unspecified atom stereocenters. The lowest BCUT2D eigenvalue weighted by Crippen LogP contribution is -2.25. The molecule has 0 saturated carbocycles. The van der Waals surface area contributed by atoms with Gasteiger partial charge in [0.1, 0.15) is 18.2 Å². The van der Waals surface area contributed by atoms with E-state index in [0.29, 0.717) is 18.3 Å². The largest absolute Gasteiger partial charge is 0.439 e. The summed E-state index contributed by atoms with van der Waals surface area (Å²) in [5.74, 6) is 2.11. The lowest BCUT2D eigenvalue weighted by molar-refractivity contribution is 0.464. The smallest absolute Gasteiger partial charge is 0.221 e. The number of aromatic nitrogens is 3. The zero-order valence-electron chi connectivity index (χ0n) is 34.5. The second kappa shape index (κ2) is 13.4. The highest BCUT2D eigenvalue weighted by atomic mass is 16.5. The molecule has 2 aliphatic rings. The van der Waals surface area contributed by atoms with Gasteiger partial charge in [-0.05, 0) is 75.7 Å². The zero-order valence-corrected chi connectivity index (χ0v) is 34.5. The SMILES string of the molecule is CC(C)(C)c1ccnc(-n2c3ccccc3c3cnc(Oc4cccc(N5CN(c6c(-c7ccccc7)ccc7c6-c6ccccc6C7(C)C)c6ccccc65)c4)cc32)c1. The summed E-state index contributed by atoms with van der Waals surface area (Å²) < 4.78 is 8.89. The summed E-state index contributed by atoms with van der Waals surface area (Å²) in [6.45, 7) is 12.0. The Morgan fingerprint density at radius 2 is 1.35 bits per heavy atom. The van der Waals surface area contributed by atoms with Gasteiger partial charge in [-0.1, -0.05) is 138 Å². The molecule has 0 saturated heterocycles. The molecular formula is C54H45N5O. The van der Waals surface area contributed by atoms with E-state index in [1.54, 1.807) is 0 Å². The number of anilines is 4. The number of hydrogen-bond acceptors (Lipinski definition) is 5. The van der Waals surface area contributed by atoms with Gasteiger partial charge >= 0.3 is 0 Å². The van der Waals surface area contributed by atoms with E-state index in [1.165, 1.54) is 50.3 Å². The Kier molecular flexibility index (Phi) is 8.05. The summed E-state index contributed by atoms with van der Waals surface area (Å²) in [4.78, 5) is 14.6. The van der Waals surface area contributed by atoms with Crippen LogP contribution >= 0.6 is 0 Å². The Labute approximate surface area is 351 Å². The molecule has 6 aromatic carbocycles. The van der Waals surface area contributed by atoms with Crippen LogP contribution in [0.3, 0.4) is 0 Å². The van der Waals surface area contributed by atoms with Gasteiger partial charge in [0.15, 0.2) is 0 Å². The maximum Gasteiger partial charge on any atom is 0.221 e. The lowest BCUT2D eigenvalue weighted by atomic mass is 9.82. The molecule has 6 nitrogen and oxygen atoms in total. The van der Waals surface area contributed by atoms with Crippen molar-refractivity contribution >= 4 is 44.6 Å². The van der Waals surface area contributed by atoms with E-state index in [9.17, 15) is 0 Å². The van der Waals surface area contributed by atoms with Gasteiger partial charge in [0.05, 0.1) is 28.1 Å². The monoisotopic (exact) mass is 779 g/mol. The molecule has 0 N–H and O–H groups in total. The molecule has 1 aliphatic heterocycles. The minimum absolute atomic E-state index is 0.0160. The maximum atomic E-state index is 6.67. The van der Waals surface area contributed by atoms with Crippen LogP contribution in [0.5, 0.6) is 11.6 Å². The lowest BCUT2D eigenvalue weighted by Gasteiger charge is -2.28. The van der Waals surface area contributed by atoms with Gasteiger partial charge in [-0.25, -0.2) is 9.97 Å². The quantitative estimate of drug-likeness (QED) is 0.168. The zero-order chi connectivity index (χ0) is 40.8. The van der Waals surface area contributed by atoms with Crippen LogP contribution in [0.2, 0.25) is 0 Å². The van der Waals surface area contributed by atoms with Crippen molar-refractivity contribution in [3.63, 3.8) is 0 Å². The first-order chi connectivity index (χ1) is 29.1. The molecule has 1 aliphatic carbocycles. The van der Waals surface area contributed by atoms with Crippen molar-refractivity contribution in [3.05, 3.63) is 187 Å². The minimum Gasteiger partial charge on any atom is -0.439 e. The van der Waals surface area contributed by atoms with Crippen LogP contribution in [-0.4, -0.2) is 21.2 Å². The molecule has 4 heterocycles. The van der Waals surface area contributed by atoms with Crippen molar-refractivity contribution < 1.29 is 4.74 Å². The minimum atomic E-state index is -0.126. The van der Waals surface area contributed by atoms with Crippen LogP contribution in [0.4, 0.5) is 22.7 Å². The third-order valence-corrected chi connectivity index (χ3v) is 12.5. The van der Waals surface area contributed by atoms with E-state index in [0.717, 1.165) is 39.0 Å². The number of pyridine rings is 2. The highest BCUT2D eigenvalue weighted by Gasteiger charge is 2.40. The number of benzene rings is 6. The topological polar surface area (TPSA) is 46.4 Å². The molecule has 0 bridgehead atoms. The summed E-state index contributed by atoms with van der Waals surface area (Å²) in [5.41, 5.74) is 15.5. The number of nitrogens with zero attached hydrogens (tertiary/aromatic N) is 5. The molecule has 292 valence electrons. The highest BCUT2D eigenvalue weighted by Crippen LogP contribution is 2.57. The number of fused-ring (bicyclic) bond motifs is 7. The van der Waals surface area contributed by atoms with Crippen LogP contribution in [0, 0.1) is 0 Å². The predicted octanol–water partition coefficient (Wildman–Crippen LogP) is 13.9. The fourth-order valence-corrected chi connectivity index (χ4v) is 9.52.